The van der Waals surface area contributed by atoms with Crippen LogP contribution in [0.25, 0.3) is 0 Å². The molecule has 0 nitrogen and oxygen atoms in total. The molecule has 0 aliphatic heterocycles. The zero-order chi connectivity index (χ0) is 9.78. The van der Waals surface area contributed by atoms with Gasteiger partial charge in [-0.1, -0.05) is 48.6 Å². The summed E-state index contributed by atoms with van der Waals surface area (Å²) < 4.78 is 0. The summed E-state index contributed by atoms with van der Waals surface area (Å²) in [6, 6.07) is 0. The van der Waals surface area contributed by atoms with Crippen LogP contribution in [0.3, 0.4) is 0 Å². The Hall–Kier alpha value is 0.608. The van der Waals surface area contributed by atoms with Crippen LogP contribution in [-0.4, -0.2) is 0 Å². The van der Waals surface area contributed by atoms with Gasteiger partial charge in [-0.15, -0.1) is 0 Å². The Kier molecular flexibility index (Phi) is 13.2. The van der Waals surface area contributed by atoms with Crippen LogP contribution < -0.4 is 0 Å². The normalized spacial score (nSPS) is 15.2. The van der Waals surface area contributed by atoms with E-state index in [-0.39, 0.29) is 14.5 Å². The molecule has 0 saturated carbocycles. The molecule has 0 fully saturated rings. The summed E-state index contributed by atoms with van der Waals surface area (Å²) in [4.78, 5) is 0. The van der Waals surface area contributed by atoms with Gasteiger partial charge < -0.3 is 0 Å². The molecule has 2 aliphatic carbocycles. The fourth-order valence-electron chi connectivity index (χ4n) is 0.786. The molecule has 0 unspecified atom stereocenters. The molecular formula is C10H12Br2Pt. The molecule has 0 bridgehead atoms. The van der Waals surface area contributed by atoms with Crippen LogP contribution in [0.15, 0.2) is 48.6 Å². The van der Waals surface area contributed by atoms with E-state index in [1.807, 2.05) is 0 Å². The van der Waals surface area contributed by atoms with Gasteiger partial charge >= 0.3 is 41.0 Å². The van der Waals surface area contributed by atoms with Crippen LogP contribution in [0.1, 0.15) is 12.8 Å². The molecule has 0 aromatic carbocycles. The standard InChI is InChI=1S/2C5H6.2BrH.Pt/c2*1-2-4-5-3-1;;;/h2*1-4H,5H2;2*1H;/q;;;;+2/p-2. The van der Waals surface area contributed by atoms with Crippen LogP contribution >= 0.6 is 26.6 Å². The first-order valence-electron chi connectivity index (χ1n) is 3.87. The fraction of sp³-hybridized carbons (Fsp3) is 0.200. The Labute approximate surface area is 102 Å². The van der Waals surface area contributed by atoms with Gasteiger partial charge in [-0.25, -0.2) is 0 Å². The summed E-state index contributed by atoms with van der Waals surface area (Å²) in [6.45, 7) is 0. The van der Waals surface area contributed by atoms with Crippen LogP contribution in [0.4, 0.5) is 0 Å². The van der Waals surface area contributed by atoms with Gasteiger partial charge in [-0.3, -0.25) is 0 Å². The van der Waals surface area contributed by atoms with E-state index in [2.05, 4.69) is 75.2 Å². The molecule has 0 radical (unpaired) electrons. The summed E-state index contributed by atoms with van der Waals surface area (Å²) in [6.07, 6.45) is 19.0. The van der Waals surface area contributed by atoms with Gasteiger partial charge in [-0.05, 0) is 12.8 Å². The van der Waals surface area contributed by atoms with Crippen molar-refractivity contribution in [3.8, 4) is 0 Å². The average Bonchev–Trinajstić information content (AvgIpc) is 2.85. The van der Waals surface area contributed by atoms with Gasteiger partial charge in [0.15, 0.2) is 0 Å². The molecule has 0 spiro atoms. The van der Waals surface area contributed by atoms with Gasteiger partial charge in [-0.2, -0.15) is 0 Å². The van der Waals surface area contributed by atoms with Gasteiger partial charge in [0.1, 0.15) is 0 Å². The molecule has 0 aromatic heterocycles. The molecule has 3 heteroatoms. The summed E-state index contributed by atoms with van der Waals surface area (Å²) >= 11 is 6.56. The minimum atomic E-state index is 0.208. The molecule has 13 heavy (non-hydrogen) atoms. The SMILES string of the molecule is C1=CCC=C1.C1=CCC=C1.[Br][Pt][Br]. The van der Waals surface area contributed by atoms with E-state index in [9.17, 15) is 0 Å². The quantitative estimate of drug-likeness (QED) is 0.466. The van der Waals surface area contributed by atoms with E-state index in [1.54, 1.807) is 0 Å². The first kappa shape index (κ1) is 13.6. The van der Waals surface area contributed by atoms with Gasteiger partial charge in [0, 0.05) is 0 Å². The summed E-state index contributed by atoms with van der Waals surface area (Å²) in [5.74, 6) is 0. The molecule has 0 atom stereocenters. The summed E-state index contributed by atoms with van der Waals surface area (Å²) in [5.41, 5.74) is 0. The number of rotatable bonds is 0. The van der Waals surface area contributed by atoms with Gasteiger partial charge in [0.25, 0.3) is 0 Å². The van der Waals surface area contributed by atoms with Crippen molar-refractivity contribution in [2.24, 2.45) is 0 Å². The Bertz CT molecular complexity index is 163. The van der Waals surface area contributed by atoms with Crippen LogP contribution in [0.5, 0.6) is 0 Å². The topological polar surface area (TPSA) is 0 Å². The molecule has 0 N–H and O–H groups in total. The maximum absolute atomic E-state index is 3.17. The van der Waals surface area contributed by atoms with Crippen molar-refractivity contribution in [2.75, 3.05) is 0 Å². The van der Waals surface area contributed by atoms with E-state index >= 15 is 0 Å². The monoisotopic (exact) mass is 485 g/mol. The summed E-state index contributed by atoms with van der Waals surface area (Å²) in [7, 11) is 0. The maximum atomic E-state index is 3.17. The van der Waals surface area contributed by atoms with E-state index in [1.165, 1.54) is 0 Å². The molecule has 2 rings (SSSR count). The second-order valence-electron chi connectivity index (χ2n) is 2.23. The Morgan fingerprint density at radius 3 is 1.00 bits per heavy atom. The zero-order valence-corrected chi connectivity index (χ0v) is 12.5. The number of allylic oxidation sites excluding steroid dienone is 8. The predicted molar refractivity (Wildman–Crippen MR) is 63.6 cm³/mol. The Balaban J connectivity index is 0.000000174. The van der Waals surface area contributed by atoms with E-state index < -0.39 is 0 Å². The zero-order valence-electron chi connectivity index (χ0n) is 7.11. The Morgan fingerprint density at radius 1 is 0.692 bits per heavy atom. The average molecular weight is 487 g/mol. The van der Waals surface area contributed by atoms with Gasteiger partial charge in [0.05, 0.1) is 0 Å². The Morgan fingerprint density at radius 2 is 0.923 bits per heavy atom. The van der Waals surface area contributed by atoms with Crippen molar-refractivity contribution in [3.05, 3.63) is 48.6 Å². The third-order valence-corrected chi connectivity index (χ3v) is 1.31. The molecule has 76 valence electrons. The summed E-state index contributed by atoms with van der Waals surface area (Å²) in [5, 5.41) is 0. The molecule has 2 aliphatic rings. The fourth-order valence-corrected chi connectivity index (χ4v) is 0.786. The molecular weight excluding hydrogens is 475 g/mol. The molecule has 0 heterocycles. The molecule has 0 saturated heterocycles. The first-order valence-corrected chi connectivity index (χ1v) is 13.8. The second kappa shape index (κ2) is 12.6. The van der Waals surface area contributed by atoms with E-state index in [0.717, 1.165) is 12.8 Å². The van der Waals surface area contributed by atoms with Crippen molar-refractivity contribution in [1.82, 2.24) is 0 Å². The van der Waals surface area contributed by atoms with Crippen molar-refractivity contribution < 1.29 is 14.5 Å². The van der Waals surface area contributed by atoms with Crippen molar-refractivity contribution >= 4 is 26.6 Å². The van der Waals surface area contributed by atoms with Crippen LogP contribution in [0, 0.1) is 0 Å². The third kappa shape index (κ3) is 12.6. The number of hydrogen-bond donors (Lipinski definition) is 0. The third-order valence-electron chi connectivity index (χ3n) is 1.31. The first-order chi connectivity index (χ1) is 6.41. The van der Waals surface area contributed by atoms with Crippen molar-refractivity contribution in [3.63, 3.8) is 0 Å². The van der Waals surface area contributed by atoms with Gasteiger partial charge in [0.2, 0.25) is 0 Å². The number of hydrogen-bond acceptors (Lipinski definition) is 0. The van der Waals surface area contributed by atoms with Crippen molar-refractivity contribution in [1.29, 1.82) is 0 Å². The minimum absolute atomic E-state index is 0.208. The van der Waals surface area contributed by atoms with Crippen LogP contribution in [-0.2, 0) is 14.5 Å². The molecule has 0 aromatic rings. The van der Waals surface area contributed by atoms with Crippen LogP contribution in [0.2, 0.25) is 0 Å². The van der Waals surface area contributed by atoms with E-state index in [0.29, 0.717) is 0 Å². The van der Waals surface area contributed by atoms with Crippen molar-refractivity contribution in [2.45, 2.75) is 12.8 Å². The predicted octanol–water partition coefficient (Wildman–Crippen LogP) is 4.69. The molecule has 0 amide bonds. The van der Waals surface area contributed by atoms with E-state index in [4.69, 9.17) is 0 Å². The second-order valence-corrected chi connectivity index (χ2v) is 12.2. The number of halogens is 2.